The van der Waals surface area contributed by atoms with Crippen LogP contribution in [0.5, 0.6) is 5.75 Å². The Morgan fingerprint density at radius 3 is 2.50 bits per heavy atom. The molecule has 20 heavy (non-hydrogen) atoms. The number of ether oxygens (including phenoxy) is 1. The lowest BCUT2D eigenvalue weighted by molar-refractivity contribution is -0.137. The minimum absolute atomic E-state index is 0.230. The molecule has 0 unspecified atom stereocenters. The van der Waals surface area contributed by atoms with Gasteiger partial charge in [0.05, 0.1) is 12.2 Å². The van der Waals surface area contributed by atoms with Gasteiger partial charge in [0.1, 0.15) is 5.75 Å². The van der Waals surface area contributed by atoms with Crippen LogP contribution in [0.2, 0.25) is 0 Å². The molecule has 0 radical (unpaired) electrons. The van der Waals surface area contributed by atoms with E-state index >= 15 is 0 Å². The van der Waals surface area contributed by atoms with Crippen molar-refractivity contribution in [2.45, 2.75) is 20.0 Å². The number of hydrogen-bond acceptors (Lipinski definition) is 2. The van der Waals surface area contributed by atoms with Crippen LogP contribution in [0.25, 0.3) is 11.1 Å². The second-order valence-electron chi connectivity index (χ2n) is 4.33. The standard InChI is InChI=1S/C15H14F3NO/c1-3-20-14-9-12(15(16,17)18)4-5-13(14)11-6-7-19-10(2)8-11/h4-9H,3H2,1-2H3. The van der Waals surface area contributed by atoms with Crippen LogP contribution in [0.3, 0.4) is 0 Å². The van der Waals surface area contributed by atoms with Gasteiger partial charge < -0.3 is 4.74 Å². The first-order chi connectivity index (χ1) is 9.41. The number of pyridine rings is 1. The number of aryl methyl sites for hydroxylation is 1. The van der Waals surface area contributed by atoms with E-state index in [0.29, 0.717) is 12.2 Å². The monoisotopic (exact) mass is 281 g/mol. The smallest absolute Gasteiger partial charge is 0.416 e. The fourth-order valence-corrected chi connectivity index (χ4v) is 1.93. The molecule has 0 atom stereocenters. The van der Waals surface area contributed by atoms with Crippen molar-refractivity contribution < 1.29 is 17.9 Å². The quantitative estimate of drug-likeness (QED) is 0.827. The van der Waals surface area contributed by atoms with E-state index in [0.717, 1.165) is 23.4 Å². The van der Waals surface area contributed by atoms with E-state index < -0.39 is 11.7 Å². The van der Waals surface area contributed by atoms with E-state index in [1.54, 1.807) is 19.2 Å². The molecule has 0 aliphatic heterocycles. The van der Waals surface area contributed by atoms with E-state index in [4.69, 9.17) is 4.74 Å². The van der Waals surface area contributed by atoms with Gasteiger partial charge in [0.15, 0.2) is 0 Å². The maximum Gasteiger partial charge on any atom is 0.416 e. The highest BCUT2D eigenvalue weighted by molar-refractivity contribution is 5.71. The molecule has 2 aromatic rings. The molecule has 2 nitrogen and oxygen atoms in total. The maximum atomic E-state index is 12.7. The van der Waals surface area contributed by atoms with E-state index in [1.165, 1.54) is 6.07 Å². The average Bonchev–Trinajstić information content (AvgIpc) is 2.38. The predicted molar refractivity (Wildman–Crippen MR) is 70.6 cm³/mol. The van der Waals surface area contributed by atoms with Gasteiger partial charge in [-0.2, -0.15) is 13.2 Å². The molecule has 0 bridgehead atoms. The molecule has 0 fully saturated rings. The fourth-order valence-electron chi connectivity index (χ4n) is 1.93. The highest BCUT2D eigenvalue weighted by Gasteiger charge is 2.31. The Morgan fingerprint density at radius 2 is 1.90 bits per heavy atom. The molecule has 0 aliphatic rings. The predicted octanol–water partition coefficient (Wildman–Crippen LogP) is 4.47. The number of aromatic nitrogens is 1. The Hall–Kier alpha value is -2.04. The van der Waals surface area contributed by atoms with Gasteiger partial charge in [-0.3, -0.25) is 4.98 Å². The van der Waals surface area contributed by atoms with Gasteiger partial charge in [0.2, 0.25) is 0 Å². The minimum atomic E-state index is -4.38. The van der Waals surface area contributed by atoms with Crippen LogP contribution in [0.1, 0.15) is 18.2 Å². The van der Waals surface area contributed by atoms with Crippen LogP contribution >= 0.6 is 0 Å². The summed E-state index contributed by atoms with van der Waals surface area (Å²) >= 11 is 0. The second-order valence-corrected chi connectivity index (χ2v) is 4.33. The lowest BCUT2D eigenvalue weighted by Crippen LogP contribution is -2.06. The maximum absolute atomic E-state index is 12.7. The lowest BCUT2D eigenvalue weighted by Gasteiger charge is -2.14. The third kappa shape index (κ3) is 3.10. The Labute approximate surface area is 115 Å². The fraction of sp³-hybridized carbons (Fsp3) is 0.267. The molecular formula is C15H14F3NO. The first kappa shape index (κ1) is 14.4. The summed E-state index contributed by atoms with van der Waals surface area (Å²) < 4.78 is 43.6. The molecule has 0 N–H and O–H groups in total. The molecule has 2 rings (SSSR count). The Bertz CT molecular complexity index is 608. The van der Waals surface area contributed by atoms with Crippen molar-refractivity contribution in [3.05, 3.63) is 47.8 Å². The summed E-state index contributed by atoms with van der Waals surface area (Å²) in [5, 5.41) is 0. The molecule has 1 heterocycles. The van der Waals surface area contributed by atoms with E-state index in [-0.39, 0.29) is 5.75 Å². The van der Waals surface area contributed by atoms with Gasteiger partial charge in [-0.05, 0) is 43.7 Å². The number of rotatable bonds is 3. The zero-order chi connectivity index (χ0) is 14.8. The lowest BCUT2D eigenvalue weighted by atomic mass is 10.0. The number of alkyl halides is 3. The van der Waals surface area contributed by atoms with Crippen LogP contribution in [0.15, 0.2) is 36.5 Å². The summed E-state index contributed by atoms with van der Waals surface area (Å²) in [6.45, 7) is 3.87. The molecular weight excluding hydrogens is 267 g/mol. The molecule has 0 aliphatic carbocycles. The van der Waals surface area contributed by atoms with Gasteiger partial charge in [-0.15, -0.1) is 0 Å². The molecule has 0 saturated heterocycles. The molecule has 0 spiro atoms. The first-order valence-corrected chi connectivity index (χ1v) is 6.19. The summed E-state index contributed by atoms with van der Waals surface area (Å²) in [5.41, 5.74) is 1.50. The Morgan fingerprint density at radius 1 is 1.15 bits per heavy atom. The summed E-state index contributed by atoms with van der Waals surface area (Å²) in [4.78, 5) is 4.08. The van der Waals surface area contributed by atoms with Crippen molar-refractivity contribution in [3.63, 3.8) is 0 Å². The van der Waals surface area contributed by atoms with Gasteiger partial charge in [-0.1, -0.05) is 6.07 Å². The van der Waals surface area contributed by atoms with Crippen LogP contribution in [-0.2, 0) is 6.18 Å². The normalized spacial score (nSPS) is 11.4. The summed E-state index contributed by atoms with van der Waals surface area (Å²) in [5.74, 6) is 0.230. The summed E-state index contributed by atoms with van der Waals surface area (Å²) in [7, 11) is 0. The molecule has 1 aromatic heterocycles. The Balaban J connectivity index is 2.53. The van der Waals surface area contributed by atoms with Crippen molar-refractivity contribution in [2.24, 2.45) is 0 Å². The second kappa shape index (κ2) is 5.53. The summed E-state index contributed by atoms with van der Waals surface area (Å²) in [6.07, 6.45) is -2.75. The minimum Gasteiger partial charge on any atom is -0.493 e. The molecule has 1 aromatic carbocycles. The highest BCUT2D eigenvalue weighted by Crippen LogP contribution is 2.37. The van der Waals surface area contributed by atoms with Crippen LogP contribution in [-0.4, -0.2) is 11.6 Å². The SMILES string of the molecule is CCOc1cc(C(F)(F)F)ccc1-c1ccnc(C)c1. The van der Waals surface area contributed by atoms with Crippen LogP contribution in [0, 0.1) is 6.92 Å². The molecule has 0 amide bonds. The van der Waals surface area contributed by atoms with E-state index in [1.807, 2.05) is 13.0 Å². The largest absolute Gasteiger partial charge is 0.493 e. The van der Waals surface area contributed by atoms with Crippen molar-refractivity contribution in [2.75, 3.05) is 6.61 Å². The number of halogens is 3. The van der Waals surface area contributed by atoms with E-state index in [9.17, 15) is 13.2 Å². The molecule has 0 saturated carbocycles. The first-order valence-electron chi connectivity index (χ1n) is 6.19. The van der Waals surface area contributed by atoms with E-state index in [2.05, 4.69) is 4.98 Å². The average molecular weight is 281 g/mol. The zero-order valence-corrected chi connectivity index (χ0v) is 11.2. The van der Waals surface area contributed by atoms with Gasteiger partial charge in [0.25, 0.3) is 0 Å². The van der Waals surface area contributed by atoms with Crippen molar-refractivity contribution in [3.8, 4) is 16.9 Å². The summed E-state index contributed by atoms with van der Waals surface area (Å²) in [6, 6.07) is 7.09. The number of benzene rings is 1. The number of hydrogen-bond donors (Lipinski definition) is 0. The van der Waals surface area contributed by atoms with Crippen molar-refractivity contribution >= 4 is 0 Å². The molecule has 5 heteroatoms. The van der Waals surface area contributed by atoms with Crippen LogP contribution < -0.4 is 4.74 Å². The van der Waals surface area contributed by atoms with Gasteiger partial charge >= 0.3 is 6.18 Å². The third-order valence-corrected chi connectivity index (χ3v) is 2.82. The van der Waals surface area contributed by atoms with Crippen LogP contribution in [0.4, 0.5) is 13.2 Å². The highest BCUT2D eigenvalue weighted by atomic mass is 19.4. The zero-order valence-electron chi connectivity index (χ0n) is 11.2. The van der Waals surface area contributed by atoms with Gasteiger partial charge in [-0.25, -0.2) is 0 Å². The number of nitrogens with zero attached hydrogens (tertiary/aromatic N) is 1. The van der Waals surface area contributed by atoms with Crippen molar-refractivity contribution in [1.82, 2.24) is 4.98 Å². The molecule has 106 valence electrons. The van der Waals surface area contributed by atoms with Crippen molar-refractivity contribution in [1.29, 1.82) is 0 Å². The topological polar surface area (TPSA) is 22.1 Å². The van der Waals surface area contributed by atoms with Gasteiger partial charge in [0, 0.05) is 17.5 Å². The Kier molecular flexibility index (Phi) is 3.97. The third-order valence-electron chi connectivity index (χ3n) is 2.82.